The Hall–Kier alpha value is -0.830. The van der Waals surface area contributed by atoms with Crippen LogP contribution in [-0.4, -0.2) is 17.2 Å². The van der Waals surface area contributed by atoms with E-state index in [2.05, 4.69) is 26.5 Å². The molecule has 0 atom stereocenters. The maximum atomic E-state index is 12.0. The Labute approximate surface area is 158 Å². The molecule has 0 aliphatic heterocycles. The summed E-state index contributed by atoms with van der Waals surface area (Å²) in [5.74, 6) is -0.381. The molecule has 0 aromatic heterocycles. The van der Waals surface area contributed by atoms with Gasteiger partial charge in [0.15, 0.2) is 0 Å². The van der Waals surface area contributed by atoms with Gasteiger partial charge < -0.3 is 5.11 Å². The van der Waals surface area contributed by atoms with Crippen molar-refractivity contribution in [2.24, 2.45) is 5.10 Å². The van der Waals surface area contributed by atoms with Crippen molar-refractivity contribution < 1.29 is 9.90 Å². The van der Waals surface area contributed by atoms with E-state index in [-0.39, 0.29) is 16.3 Å². The molecule has 8 heteroatoms. The summed E-state index contributed by atoms with van der Waals surface area (Å²) in [5, 5.41) is 14.4. The molecule has 0 saturated carbocycles. The number of rotatable bonds is 3. The van der Waals surface area contributed by atoms with Gasteiger partial charge in [-0.2, -0.15) is 5.10 Å². The topological polar surface area (TPSA) is 61.7 Å². The number of phenols is 1. The fraction of sp³-hybridized carbons (Fsp3) is 0. The second-order valence-corrected chi connectivity index (χ2v) is 7.07. The Morgan fingerprint density at radius 1 is 1.32 bits per heavy atom. The molecule has 0 radical (unpaired) electrons. The second-order valence-electron chi connectivity index (χ2n) is 4.15. The maximum absolute atomic E-state index is 12.0. The first kappa shape index (κ1) is 17.5. The predicted octanol–water partition coefficient (Wildman–Crippen LogP) is 4.83. The lowest BCUT2D eigenvalue weighted by Gasteiger charge is -2.04. The van der Waals surface area contributed by atoms with Crippen molar-refractivity contribution in [3.8, 4) is 5.75 Å². The lowest BCUT2D eigenvalue weighted by atomic mass is 10.2. The molecule has 0 aliphatic carbocycles. The molecule has 2 N–H and O–H groups in total. The van der Waals surface area contributed by atoms with Gasteiger partial charge in [0.25, 0.3) is 5.91 Å². The van der Waals surface area contributed by atoms with Crippen LogP contribution in [0.1, 0.15) is 15.9 Å². The number of halogens is 4. The van der Waals surface area contributed by atoms with Crippen LogP contribution in [0.15, 0.2) is 39.9 Å². The van der Waals surface area contributed by atoms with Crippen LogP contribution in [0.4, 0.5) is 0 Å². The molecule has 2 aromatic carbocycles. The summed E-state index contributed by atoms with van der Waals surface area (Å²) in [6, 6.07) is 8.00. The predicted molar refractivity (Wildman–Crippen MR) is 100 cm³/mol. The van der Waals surface area contributed by atoms with Gasteiger partial charge in [-0.25, -0.2) is 5.43 Å². The van der Waals surface area contributed by atoms with Gasteiger partial charge in [0.05, 0.1) is 20.4 Å². The van der Waals surface area contributed by atoms with Gasteiger partial charge in [-0.05, 0) is 52.9 Å². The lowest BCUT2D eigenvalue weighted by Crippen LogP contribution is -2.18. The third kappa shape index (κ3) is 4.34. The Kier molecular flexibility index (Phi) is 6.08. The Bertz CT molecular complexity index is 769. The van der Waals surface area contributed by atoms with Crippen molar-refractivity contribution in [1.82, 2.24) is 5.43 Å². The minimum absolute atomic E-state index is 0.0892. The van der Waals surface area contributed by atoms with Crippen LogP contribution in [0.25, 0.3) is 0 Å². The third-order valence-corrected chi connectivity index (χ3v) is 4.43. The van der Waals surface area contributed by atoms with Gasteiger partial charge in [0, 0.05) is 15.1 Å². The van der Waals surface area contributed by atoms with Crippen LogP contribution in [0.3, 0.4) is 0 Å². The highest BCUT2D eigenvalue weighted by Crippen LogP contribution is 2.27. The molecule has 2 aromatic rings. The van der Waals surface area contributed by atoms with E-state index < -0.39 is 5.91 Å². The number of carbonyl (C=O) groups excluding carboxylic acids is 1. The highest BCUT2D eigenvalue weighted by molar-refractivity contribution is 14.1. The average molecular weight is 514 g/mol. The number of aromatic hydroxyl groups is 1. The zero-order valence-electron chi connectivity index (χ0n) is 10.8. The summed E-state index contributed by atoms with van der Waals surface area (Å²) in [7, 11) is 0. The average Bonchev–Trinajstić information content (AvgIpc) is 2.43. The number of hydrazone groups is 1. The van der Waals surface area contributed by atoms with Crippen LogP contribution in [0.2, 0.25) is 10.0 Å². The van der Waals surface area contributed by atoms with Crippen LogP contribution < -0.4 is 5.43 Å². The van der Waals surface area contributed by atoms with Gasteiger partial charge in [-0.3, -0.25) is 4.79 Å². The van der Waals surface area contributed by atoms with Gasteiger partial charge in [0.2, 0.25) is 0 Å². The number of nitrogens with zero attached hydrogens (tertiary/aromatic N) is 1. The molecule has 114 valence electrons. The lowest BCUT2D eigenvalue weighted by molar-refractivity contribution is 0.0955. The van der Waals surface area contributed by atoms with E-state index in [4.69, 9.17) is 23.2 Å². The van der Waals surface area contributed by atoms with E-state index in [9.17, 15) is 9.90 Å². The summed E-state index contributed by atoms with van der Waals surface area (Å²) >= 11 is 17.0. The normalized spacial score (nSPS) is 10.9. The largest absolute Gasteiger partial charge is 0.506 e. The molecule has 2 rings (SSSR count). The fourth-order valence-electron chi connectivity index (χ4n) is 1.58. The number of phenolic OH excluding ortho intramolecular Hbond substituents is 1. The van der Waals surface area contributed by atoms with E-state index in [1.54, 1.807) is 18.2 Å². The summed E-state index contributed by atoms with van der Waals surface area (Å²) < 4.78 is 1.46. The Morgan fingerprint density at radius 2 is 2.05 bits per heavy atom. The van der Waals surface area contributed by atoms with E-state index in [0.717, 1.165) is 4.47 Å². The number of benzene rings is 2. The molecule has 22 heavy (non-hydrogen) atoms. The summed E-state index contributed by atoms with van der Waals surface area (Å²) in [5.41, 5.74) is 3.08. The minimum atomic E-state index is -0.470. The number of hydrogen-bond donors (Lipinski definition) is 2. The summed E-state index contributed by atoms with van der Waals surface area (Å²) in [6.07, 6.45) is 1.35. The molecule has 0 bridgehead atoms. The Morgan fingerprint density at radius 3 is 2.73 bits per heavy atom. The van der Waals surface area contributed by atoms with Crippen LogP contribution in [0, 0.1) is 3.57 Å². The molecule has 0 unspecified atom stereocenters. The maximum Gasteiger partial charge on any atom is 0.272 e. The minimum Gasteiger partial charge on any atom is -0.506 e. The van der Waals surface area contributed by atoms with Crippen molar-refractivity contribution >= 4 is 73.8 Å². The SMILES string of the molecule is O=C(NN=Cc1cc(Br)cc(I)c1O)c1ccc(Cl)cc1Cl. The quantitative estimate of drug-likeness (QED) is 0.351. The molecule has 1 amide bonds. The summed E-state index contributed by atoms with van der Waals surface area (Å²) in [4.78, 5) is 12.0. The molecule has 0 heterocycles. The van der Waals surface area contributed by atoms with E-state index in [0.29, 0.717) is 14.2 Å². The number of hydrogen-bond acceptors (Lipinski definition) is 3. The standard InChI is InChI=1S/C14H8BrCl2IN2O2/c15-8-3-7(13(21)12(18)4-8)6-19-20-14(22)10-2-1-9(16)5-11(10)17/h1-6,21H,(H,20,22). The third-order valence-electron chi connectivity index (χ3n) is 2.60. The van der Waals surface area contributed by atoms with E-state index in [1.807, 2.05) is 22.6 Å². The summed E-state index contributed by atoms with van der Waals surface area (Å²) in [6.45, 7) is 0. The van der Waals surface area contributed by atoms with Crippen molar-refractivity contribution in [2.45, 2.75) is 0 Å². The van der Waals surface area contributed by atoms with Crippen LogP contribution in [0.5, 0.6) is 5.75 Å². The molecule has 4 nitrogen and oxygen atoms in total. The van der Waals surface area contributed by atoms with Gasteiger partial charge >= 0.3 is 0 Å². The fourth-order valence-corrected chi connectivity index (χ4v) is 3.62. The van der Waals surface area contributed by atoms with Crippen molar-refractivity contribution in [2.75, 3.05) is 0 Å². The highest BCUT2D eigenvalue weighted by atomic mass is 127. The number of nitrogens with one attached hydrogen (secondary N) is 1. The monoisotopic (exact) mass is 512 g/mol. The van der Waals surface area contributed by atoms with E-state index in [1.165, 1.54) is 18.3 Å². The van der Waals surface area contributed by atoms with Crippen LogP contribution >= 0.6 is 61.7 Å². The van der Waals surface area contributed by atoms with Gasteiger partial charge in [0.1, 0.15) is 5.75 Å². The van der Waals surface area contributed by atoms with Gasteiger partial charge in [-0.1, -0.05) is 39.1 Å². The number of amides is 1. The molecule has 0 aliphatic rings. The smallest absolute Gasteiger partial charge is 0.272 e. The highest BCUT2D eigenvalue weighted by Gasteiger charge is 2.10. The zero-order chi connectivity index (χ0) is 16.3. The molecule has 0 spiro atoms. The molecule has 0 fully saturated rings. The van der Waals surface area contributed by atoms with Crippen molar-refractivity contribution in [3.63, 3.8) is 0 Å². The zero-order valence-corrected chi connectivity index (χ0v) is 16.0. The molecule has 0 saturated heterocycles. The number of carbonyl (C=O) groups is 1. The second kappa shape index (κ2) is 7.63. The van der Waals surface area contributed by atoms with E-state index >= 15 is 0 Å². The molecular weight excluding hydrogens is 506 g/mol. The molecular formula is C14H8BrCl2IN2O2. The van der Waals surface area contributed by atoms with Crippen molar-refractivity contribution in [1.29, 1.82) is 0 Å². The Balaban J connectivity index is 2.14. The van der Waals surface area contributed by atoms with Crippen molar-refractivity contribution in [3.05, 3.63) is 59.5 Å². The first-order valence-electron chi connectivity index (χ1n) is 5.85. The first-order valence-corrected chi connectivity index (χ1v) is 8.47. The van der Waals surface area contributed by atoms with Crippen LogP contribution in [-0.2, 0) is 0 Å². The van der Waals surface area contributed by atoms with Gasteiger partial charge in [-0.15, -0.1) is 0 Å². The first-order chi connectivity index (χ1) is 10.4.